The van der Waals surface area contributed by atoms with Crippen molar-refractivity contribution in [3.63, 3.8) is 0 Å². The molecule has 0 radical (unpaired) electrons. The average Bonchev–Trinajstić information content (AvgIpc) is 3.47. The number of hydrogen-bond donors (Lipinski definition) is 0. The molecule has 6 aromatic rings. The Morgan fingerprint density at radius 3 is 2.53 bits per heavy atom. The summed E-state index contributed by atoms with van der Waals surface area (Å²) in [4.78, 5) is 6.37. The lowest BCUT2D eigenvalue weighted by Crippen LogP contribution is -2.11. The van der Waals surface area contributed by atoms with Gasteiger partial charge < -0.3 is 4.42 Å². The maximum Gasteiger partial charge on any atom is 0.139 e. The molecule has 0 atom stereocenters. The van der Waals surface area contributed by atoms with Gasteiger partial charge in [-0.3, -0.25) is 4.98 Å². The monoisotopic (exact) mass is 483 g/mol. The molecule has 2 aromatic carbocycles. The third kappa shape index (κ3) is 3.30. The lowest BCUT2D eigenvalue weighted by Gasteiger charge is -2.21. The van der Waals surface area contributed by atoms with Gasteiger partial charge in [0, 0.05) is 36.8 Å². The molecule has 0 fully saturated rings. The van der Waals surface area contributed by atoms with Crippen LogP contribution in [0, 0.1) is 12.8 Å². The molecule has 0 aliphatic heterocycles. The highest BCUT2D eigenvalue weighted by Gasteiger charge is 2.23. The predicted molar refractivity (Wildman–Crippen MR) is 150 cm³/mol. The molecule has 0 spiro atoms. The number of hydrogen-bond acceptors (Lipinski definition) is 4. The van der Waals surface area contributed by atoms with Gasteiger partial charge in [-0.25, -0.2) is 0 Å². The van der Waals surface area contributed by atoms with Crippen molar-refractivity contribution in [1.29, 1.82) is 0 Å². The Bertz CT molecular complexity index is 1710. The van der Waals surface area contributed by atoms with Gasteiger partial charge in [0.1, 0.15) is 11.2 Å². The van der Waals surface area contributed by atoms with E-state index in [1.165, 1.54) is 47.1 Å². The highest BCUT2D eigenvalue weighted by Crippen LogP contribution is 2.45. The summed E-state index contributed by atoms with van der Waals surface area (Å²) >= 11 is 3.72. The van der Waals surface area contributed by atoms with E-state index in [1.54, 1.807) is 0 Å². The molecule has 4 aromatic heterocycles. The summed E-state index contributed by atoms with van der Waals surface area (Å²) in [6.07, 6.45) is 2.96. The lowest BCUT2D eigenvalue weighted by molar-refractivity contribution is 0.597. The minimum absolute atomic E-state index is 0.0493. The molecule has 0 N–H and O–H groups in total. The third-order valence-electron chi connectivity index (χ3n) is 6.75. The molecule has 0 bridgehead atoms. The number of pyridine rings is 1. The van der Waals surface area contributed by atoms with E-state index in [4.69, 9.17) is 9.40 Å². The number of aromatic nitrogens is 1. The van der Waals surface area contributed by atoms with Gasteiger partial charge >= 0.3 is 0 Å². The molecule has 34 heavy (non-hydrogen) atoms. The molecule has 4 heteroatoms. The Hall–Kier alpha value is -2.69. The normalized spacial score (nSPS) is 12.8. The Labute approximate surface area is 208 Å². The number of rotatable bonds is 3. The maximum atomic E-state index is 6.43. The van der Waals surface area contributed by atoms with Gasteiger partial charge in [-0.15, -0.1) is 22.7 Å². The highest BCUT2D eigenvalue weighted by molar-refractivity contribution is 7.19. The van der Waals surface area contributed by atoms with Crippen LogP contribution >= 0.6 is 22.7 Å². The van der Waals surface area contributed by atoms with Crippen molar-refractivity contribution in [2.45, 2.75) is 53.4 Å². The predicted octanol–water partition coefficient (Wildman–Crippen LogP) is 9.88. The van der Waals surface area contributed by atoms with Crippen LogP contribution in [0.5, 0.6) is 0 Å². The van der Waals surface area contributed by atoms with E-state index in [2.05, 4.69) is 77.3 Å². The van der Waals surface area contributed by atoms with Crippen molar-refractivity contribution in [3.8, 4) is 11.3 Å². The van der Waals surface area contributed by atoms with Crippen molar-refractivity contribution in [3.05, 3.63) is 64.0 Å². The quantitative estimate of drug-likeness (QED) is 0.250. The molecule has 172 valence electrons. The van der Waals surface area contributed by atoms with Crippen LogP contribution in [-0.2, 0) is 11.8 Å². The minimum atomic E-state index is 0.0493. The van der Waals surface area contributed by atoms with Gasteiger partial charge in [0.05, 0.1) is 11.1 Å². The van der Waals surface area contributed by atoms with Gasteiger partial charge in [-0.05, 0) is 83.0 Å². The smallest absolute Gasteiger partial charge is 0.139 e. The van der Waals surface area contributed by atoms with E-state index in [-0.39, 0.29) is 5.41 Å². The number of aryl methyl sites for hydroxylation is 1. The van der Waals surface area contributed by atoms with Gasteiger partial charge in [-0.2, -0.15) is 0 Å². The van der Waals surface area contributed by atoms with E-state index in [9.17, 15) is 0 Å². The molecule has 0 aliphatic rings. The van der Waals surface area contributed by atoms with Crippen LogP contribution in [0.15, 0.2) is 52.4 Å². The largest absolute Gasteiger partial charge is 0.456 e. The minimum Gasteiger partial charge on any atom is -0.456 e. The fraction of sp³-hybridized carbons (Fsp3) is 0.300. The van der Waals surface area contributed by atoms with Crippen LogP contribution in [0.1, 0.15) is 50.6 Å². The van der Waals surface area contributed by atoms with Gasteiger partial charge in [0.15, 0.2) is 0 Å². The Kier molecular flexibility index (Phi) is 4.91. The van der Waals surface area contributed by atoms with E-state index in [0.717, 1.165) is 28.7 Å². The van der Waals surface area contributed by atoms with Crippen LogP contribution in [0.3, 0.4) is 0 Å². The van der Waals surface area contributed by atoms with Gasteiger partial charge in [0.2, 0.25) is 0 Å². The second-order valence-corrected chi connectivity index (χ2v) is 13.0. The maximum absolute atomic E-state index is 6.43. The number of benzene rings is 2. The fourth-order valence-corrected chi connectivity index (χ4v) is 7.43. The zero-order chi connectivity index (χ0) is 23.8. The van der Waals surface area contributed by atoms with Crippen LogP contribution < -0.4 is 0 Å². The molecule has 0 saturated carbocycles. The first-order valence-corrected chi connectivity index (χ1v) is 13.7. The van der Waals surface area contributed by atoms with E-state index < -0.39 is 0 Å². The Balaban J connectivity index is 1.75. The zero-order valence-electron chi connectivity index (χ0n) is 20.6. The Morgan fingerprint density at radius 1 is 0.971 bits per heavy atom. The van der Waals surface area contributed by atoms with Crippen molar-refractivity contribution >= 4 is 64.8 Å². The summed E-state index contributed by atoms with van der Waals surface area (Å²) < 4.78 is 9.13. The van der Waals surface area contributed by atoms with E-state index in [1.807, 2.05) is 34.9 Å². The molecule has 0 aliphatic carbocycles. The highest BCUT2D eigenvalue weighted by atomic mass is 32.1. The van der Waals surface area contributed by atoms with Crippen LogP contribution in [-0.4, -0.2) is 4.98 Å². The van der Waals surface area contributed by atoms with Crippen LogP contribution in [0.25, 0.3) is 53.4 Å². The summed E-state index contributed by atoms with van der Waals surface area (Å²) in [6.45, 7) is 13.7. The third-order valence-corrected chi connectivity index (χ3v) is 8.82. The number of thiophene rings is 2. The SMILES string of the molecule is Cc1sc2ccc3oc4ccnc(-c5cc(C(C)(C)C)c6sccc6c5)c4c3c2c1CC(C)C. The first-order valence-electron chi connectivity index (χ1n) is 12.0. The number of fused-ring (bicyclic) bond motifs is 6. The summed E-state index contributed by atoms with van der Waals surface area (Å²) in [5.74, 6) is 0.595. The molecule has 0 amide bonds. The summed E-state index contributed by atoms with van der Waals surface area (Å²) in [7, 11) is 0. The second-order valence-electron chi connectivity index (χ2n) is 10.8. The van der Waals surface area contributed by atoms with Crippen molar-refractivity contribution in [2.75, 3.05) is 0 Å². The molecule has 0 saturated heterocycles. The lowest BCUT2D eigenvalue weighted by atomic mass is 9.84. The van der Waals surface area contributed by atoms with E-state index >= 15 is 0 Å². The van der Waals surface area contributed by atoms with Crippen LogP contribution in [0.2, 0.25) is 0 Å². The van der Waals surface area contributed by atoms with E-state index in [0.29, 0.717) is 5.92 Å². The van der Waals surface area contributed by atoms with Gasteiger partial charge in [-0.1, -0.05) is 34.6 Å². The first-order chi connectivity index (χ1) is 16.2. The average molecular weight is 484 g/mol. The molecule has 4 heterocycles. The number of furan rings is 1. The second kappa shape index (κ2) is 7.66. The number of nitrogens with zero attached hydrogens (tertiary/aromatic N) is 1. The first kappa shape index (κ1) is 21.8. The fourth-order valence-electron chi connectivity index (χ4n) is 5.22. The zero-order valence-corrected chi connectivity index (χ0v) is 22.2. The molecule has 0 unspecified atom stereocenters. The molecule has 2 nitrogen and oxygen atoms in total. The van der Waals surface area contributed by atoms with Crippen molar-refractivity contribution in [2.24, 2.45) is 5.92 Å². The topological polar surface area (TPSA) is 26.0 Å². The standard InChI is InChI=1S/C30H29NOS2/c1-16(2)13-20-17(3)34-24-8-7-22-26(25(20)24)27-23(32-22)9-11-31-28(27)19-14-18-10-12-33-29(18)21(15-19)30(4,5)6/h7-12,14-16H,13H2,1-6H3. The molecule has 6 rings (SSSR count). The summed E-state index contributed by atoms with van der Waals surface area (Å²) in [6, 6.07) is 13.3. The van der Waals surface area contributed by atoms with Gasteiger partial charge in [0.25, 0.3) is 0 Å². The van der Waals surface area contributed by atoms with Crippen molar-refractivity contribution in [1.82, 2.24) is 4.98 Å². The summed E-state index contributed by atoms with van der Waals surface area (Å²) in [5.41, 5.74) is 6.93. The van der Waals surface area contributed by atoms with Crippen LogP contribution in [0.4, 0.5) is 0 Å². The molecular weight excluding hydrogens is 454 g/mol. The van der Waals surface area contributed by atoms with Crippen molar-refractivity contribution < 1.29 is 4.42 Å². The molecular formula is C30H29NOS2. The Morgan fingerprint density at radius 2 is 1.76 bits per heavy atom. The summed E-state index contributed by atoms with van der Waals surface area (Å²) in [5, 5.41) is 7.20.